The second-order valence-electron chi connectivity index (χ2n) is 5.52. The molecule has 0 radical (unpaired) electrons. The summed E-state index contributed by atoms with van der Waals surface area (Å²) in [7, 11) is 0. The third-order valence-electron chi connectivity index (χ3n) is 3.81. The first kappa shape index (κ1) is 12.9. The van der Waals surface area contributed by atoms with Crippen LogP contribution in [0.15, 0.2) is 18.2 Å². The Bertz CT molecular complexity index is 450. The summed E-state index contributed by atoms with van der Waals surface area (Å²) in [6.45, 7) is 4.95. The first-order valence-corrected chi connectivity index (χ1v) is 6.71. The van der Waals surface area contributed by atoms with Crippen LogP contribution in [0.3, 0.4) is 0 Å². The third-order valence-corrected chi connectivity index (χ3v) is 3.81. The molecule has 0 bridgehead atoms. The van der Waals surface area contributed by atoms with Gasteiger partial charge in [-0.1, -0.05) is 25.0 Å². The Hall–Kier alpha value is -1.51. The van der Waals surface area contributed by atoms with Gasteiger partial charge in [-0.05, 0) is 43.7 Å². The maximum absolute atomic E-state index is 12.1. The Balaban J connectivity index is 1.98. The van der Waals surface area contributed by atoms with Gasteiger partial charge in [0.15, 0.2) is 0 Å². The van der Waals surface area contributed by atoms with Gasteiger partial charge in [-0.25, -0.2) is 0 Å². The van der Waals surface area contributed by atoms with E-state index in [1.165, 1.54) is 25.7 Å². The molecule has 98 valence electrons. The molecule has 18 heavy (non-hydrogen) atoms. The fourth-order valence-corrected chi connectivity index (χ4v) is 2.45. The van der Waals surface area contributed by atoms with Gasteiger partial charge in [0, 0.05) is 12.2 Å². The highest BCUT2D eigenvalue weighted by Crippen LogP contribution is 2.48. The van der Waals surface area contributed by atoms with E-state index in [-0.39, 0.29) is 5.91 Å². The van der Waals surface area contributed by atoms with Gasteiger partial charge in [0.2, 0.25) is 0 Å². The minimum atomic E-state index is -0.0430. The van der Waals surface area contributed by atoms with E-state index in [4.69, 9.17) is 5.73 Å². The second kappa shape index (κ2) is 5.01. The summed E-state index contributed by atoms with van der Waals surface area (Å²) in [4.78, 5) is 12.1. The zero-order valence-corrected chi connectivity index (χ0v) is 11.3. The molecule has 1 saturated carbocycles. The fraction of sp³-hybridized carbons (Fsp3) is 0.533. The molecule has 0 saturated heterocycles. The number of nitrogen functional groups attached to an aromatic ring is 1. The molecule has 1 aromatic rings. The van der Waals surface area contributed by atoms with Crippen LogP contribution in [0.25, 0.3) is 0 Å². The van der Waals surface area contributed by atoms with Crippen molar-refractivity contribution in [1.82, 2.24) is 5.32 Å². The normalized spacial score (nSPS) is 16.3. The summed E-state index contributed by atoms with van der Waals surface area (Å²) in [5.41, 5.74) is 8.43. The molecule has 1 aliphatic rings. The van der Waals surface area contributed by atoms with Crippen molar-refractivity contribution in [3.05, 3.63) is 29.3 Å². The minimum Gasteiger partial charge on any atom is -0.398 e. The fourth-order valence-electron chi connectivity index (χ4n) is 2.45. The number of carbonyl (C=O) groups is 1. The molecule has 1 amide bonds. The van der Waals surface area contributed by atoms with E-state index in [9.17, 15) is 4.79 Å². The summed E-state index contributed by atoms with van der Waals surface area (Å²) in [6.07, 6.45) is 4.87. The lowest BCUT2D eigenvalue weighted by Crippen LogP contribution is -2.30. The predicted molar refractivity (Wildman–Crippen MR) is 74.5 cm³/mol. The molecule has 0 aromatic heterocycles. The number of nitrogens with two attached hydrogens (primary N) is 1. The van der Waals surface area contributed by atoms with Crippen molar-refractivity contribution in [3.8, 4) is 0 Å². The van der Waals surface area contributed by atoms with Crippen LogP contribution in [0, 0.1) is 12.3 Å². The monoisotopic (exact) mass is 246 g/mol. The molecule has 0 atom stereocenters. The van der Waals surface area contributed by atoms with Gasteiger partial charge in [-0.15, -0.1) is 0 Å². The van der Waals surface area contributed by atoms with Crippen molar-refractivity contribution in [2.75, 3.05) is 12.3 Å². The highest BCUT2D eigenvalue weighted by molar-refractivity contribution is 5.99. The van der Waals surface area contributed by atoms with Crippen molar-refractivity contribution in [2.24, 2.45) is 5.41 Å². The van der Waals surface area contributed by atoms with Gasteiger partial charge in [-0.2, -0.15) is 0 Å². The molecule has 3 heteroatoms. The Morgan fingerprint density at radius 2 is 2.17 bits per heavy atom. The lowest BCUT2D eigenvalue weighted by molar-refractivity contribution is 0.0944. The van der Waals surface area contributed by atoms with Crippen LogP contribution in [-0.4, -0.2) is 12.5 Å². The van der Waals surface area contributed by atoms with E-state index in [2.05, 4.69) is 12.2 Å². The standard InChI is InChI=1S/C15H22N2O/c1-3-6-15(7-8-15)10-17-14(18)12-9-11(2)4-5-13(12)16/h4-5,9H,3,6-8,10,16H2,1-2H3,(H,17,18). The third kappa shape index (κ3) is 2.84. The zero-order valence-electron chi connectivity index (χ0n) is 11.3. The molecular formula is C15H22N2O. The van der Waals surface area contributed by atoms with Gasteiger partial charge < -0.3 is 11.1 Å². The summed E-state index contributed by atoms with van der Waals surface area (Å²) < 4.78 is 0. The molecule has 1 aliphatic carbocycles. The van der Waals surface area contributed by atoms with Crippen LogP contribution >= 0.6 is 0 Å². The largest absolute Gasteiger partial charge is 0.398 e. The molecule has 0 unspecified atom stereocenters. The topological polar surface area (TPSA) is 55.1 Å². The average molecular weight is 246 g/mol. The van der Waals surface area contributed by atoms with E-state index >= 15 is 0 Å². The number of hydrogen-bond acceptors (Lipinski definition) is 2. The molecule has 1 fully saturated rings. The van der Waals surface area contributed by atoms with Gasteiger partial charge in [0.25, 0.3) is 5.91 Å². The minimum absolute atomic E-state index is 0.0430. The molecule has 0 spiro atoms. The van der Waals surface area contributed by atoms with Crippen LogP contribution in [0.2, 0.25) is 0 Å². The van der Waals surface area contributed by atoms with Crippen LogP contribution in [0.4, 0.5) is 5.69 Å². The van der Waals surface area contributed by atoms with E-state index in [1.807, 2.05) is 19.1 Å². The molecule has 0 heterocycles. The van der Waals surface area contributed by atoms with E-state index < -0.39 is 0 Å². The number of hydrogen-bond donors (Lipinski definition) is 2. The van der Waals surface area contributed by atoms with Crippen LogP contribution in [0.5, 0.6) is 0 Å². The number of aryl methyl sites for hydroxylation is 1. The van der Waals surface area contributed by atoms with Gasteiger partial charge in [0.05, 0.1) is 5.56 Å². The van der Waals surface area contributed by atoms with Gasteiger partial charge in [-0.3, -0.25) is 4.79 Å². The van der Waals surface area contributed by atoms with Crippen molar-refractivity contribution >= 4 is 11.6 Å². The summed E-state index contributed by atoms with van der Waals surface area (Å²) in [5, 5.41) is 3.04. The van der Waals surface area contributed by atoms with Crippen molar-refractivity contribution in [3.63, 3.8) is 0 Å². The molecule has 3 N–H and O–H groups in total. The van der Waals surface area contributed by atoms with Crippen LogP contribution in [-0.2, 0) is 0 Å². The quantitative estimate of drug-likeness (QED) is 0.785. The molecule has 2 rings (SSSR count). The zero-order chi connectivity index (χ0) is 13.2. The van der Waals surface area contributed by atoms with Crippen molar-refractivity contribution in [2.45, 2.75) is 39.5 Å². The number of nitrogens with one attached hydrogen (secondary N) is 1. The Kier molecular flexibility index (Phi) is 3.60. The number of anilines is 1. The predicted octanol–water partition coefficient (Wildman–Crippen LogP) is 2.89. The summed E-state index contributed by atoms with van der Waals surface area (Å²) in [5.74, 6) is -0.0430. The second-order valence-corrected chi connectivity index (χ2v) is 5.52. The highest BCUT2D eigenvalue weighted by Gasteiger charge is 2.41. The average Bonchev–Trinajstić information content (AvgIpc) is 3.10. The summed E-state index contributed by atoms with van der Waals surface area (Å²) in [6, 6.07) is 5.57. The van der Waals surface area contributed by atoms with Gasteiger partial charge >= 0.3 is 0 Å². The number of rotatable bonds is 5. The lowest BCUT2D eigenvalue weighted by atomic mass is 10.0. The Labute approximate surface area is 109 Å². The highest BCUT2D eigenvalue weighted by atomic mass is 16.1. The van der Waals surface area contributed by atoms with E-state index in [0.717, 1.165) is 12.1 Å². The first-order valence-electron chi connectivity index (χ1n) is 6.71. The van der Waals surface area contributed by atoms with Crippen LogP contribution in [0.1, 0.15) is 48.5 Å². The number of amides is 1. The van der Waals surface area contributed by atoms with Crippen molar-refractivity contribution in [1.29, 1.82) is 0 Å². The maximum Gasteiger partial charge on any atom is 0.253 e. The number of carbonyl (C=O) groups excluding carboxylic acids is 1. The van der Waals surface area contributed by atoms with Gasteiger partial charge in [0.1, 0.15) is 0 Å². The number of benzene rings is 1. The summed E-state index contributed by atoms with van der Waals surface area (Å²) >= 11 is 0. The maximum atomic E-state index is 12.1. The smallest absolute Gasteiger partial charge is 0.253 e. The Morgan fingerprint density at radius 3 is 2.78 bits per heavy atom. The van der Waals surface area contributed by atoms with Crippen LogP contribution < -0.4 is 11.1 Å². The molecule has 3 nitrogen and oxygen atoms in total. The molecule has 1 aromatic carbocycles. The molecule has 0 aliphatic heterocycles. The lowest BCUT2D eigenvalue weighted by Gasteiger charge is -2.15. The first-order chi connectivity index (χ1) is 8.56. The molecular weight excluding hydrogens is 224 g/mol. The van der Waals surface area contributed by atoms with E-state index in [1.54, 1.807) is 6.07 Å². The van der Waals surface area contributed by atoms with E-state index in [0.29, 0.717) is 16.7 Å². The van der Waals surface area contributed by atoms with Crippen molar-refractivity contribution < 1.29 is 4.79 Å². The Morgan fingerprint density at radius 1 is 1.44 bits per heavy atom. The SMILES string of the molecule is CCCC1(CNC(=O)c2cc(C)ccc2N)CC1.